The zero-order valence-corrected chi connectivity index (χ0v) is 11.7. The van der Waals surface area contributed by atoms with Gasteiger partial charge in [0.05, 0.1) is 5.75 Å². The van der Waals surface area contributed by atoms with Crippen LogP contribution < -0.4 is 0 Å². The first-order valence-electron chi connectivity index (χ1n) is 6.30. The summed E-state index contributed by atoms with van der Waals surface area (Å²) in [6.07, 6.45) is 3.57. The molecule has 0 saturated carbocycles. The van der Waals surface area contributed by atoms with Crippen molar-refractivity contribution >= 4 is 10.0 Å². The van der Waals surface area contributed by atoms with Crippen molar-refractivity contribution in [2.75, 3.05) is 18.8 Å². The molecule has 0 aliphatic carbocycles. The molecule has 1 aliphatic rings. The van der Waals surface area contributed by atoms with Crippen LogP contribution in [0.3, 0.4) is 0 Å². The summed E-state index contributed by atoms with van der Waals surface area (Å²) in [6, 6.07) is 1.85. The minimum Gasteiger partial charge on any atom is -0.241 e. The summed E-state index contributed by atoms with van der Waals surface area (Å²) in [4.78, 5) is 8.68. The predicted octanol–water partition coefficient (Wildman–Crippen LogP) is 1.31. The largest absolute Gasteiger partial charge is 0.241 e. The van der Waals surface area contributed by atoms with Crippen molar-refractivity contribution in [3.63, 3.8) is 0 Å². The van der Waals surface area contributed by atoms with Crippen molar-refractivity contribution in [3.8, 4) is 0 Å². The Balaban J connectivity index is 2.17. The van der Waals surface area contributed by atoms with E-state index in [2.05, 4.69) is 9.97 Å². The highest BCUT2D eigenvalue weighted by molar-refractivity contribution is 7.89. The van der Waals surface area contributed by atoms with Gasteiger partial charge in [0.15, 0.2) is 0 Å². The normalized spacial score (nSPS) is 22.0. The van der Waals surface area contributed by atoms with E-state index in [1.54, 1.807) is 17.4 Å². The molecule has 0 amide bonds. The average Bonchev–Trinajstić information content (AvgIpc) is 2.39. The predicted molar refractivity (Wildman–Crippen MR) is 69.8 cm³/mol. The van der Waals surface area contributed by atoms with Crippen LogP contribution in [-0.2, 0) is 10.0 Å². The number of aromatic nitrogens is 2. The van der Waals surface area contributed by atoms with Gasteiger partial charge >= 0.3 is 0 Å². The fraction of sp³-hybridized carbons (Fsp3) is 0.667. The van der Waals surface area contributed by atoms with Gasteiger partial charge in [0.2, 0.25) is 10.0 Å². The fourth-order valence-corrected chi connectivity index (χ4v) is 3.43. The van der Waals surface area contributed by atoms with Crippen LogP contribution in [0.4, 0.5) is 0 Å². The molecule has 0 spiro atoms. The van der Waals surface area contributed by atoms with E-state index in [1.165, 1.54) is 0 Å². The Bertz CT molecular complexity index is 516. The van der Waals surface area contributed by atoms with Gasteiger partial charge in [-0.2, -0.15) is 0 Å². The molecule has 1 aromatic rings. The third-order valence-electron chi connectivity index (χ3n) is 3.32. The van der Waals surface area contributed by atoms with Gasteiger partial charge in [0.25, 0.3) is 0 Å². The Morgan fingerprint density at radius 1 is 1.50 bits per heavy atom. The number of rotatable bonds is 3. The molecule has 1 saturated heterocycles. The maximum atomic E-state index is 11.9. The average molecular weight is 269 g/mol. The van der Waals surface area contributed by atoms with E-state index in [-0.39, 0.29) is 11.7 Å². The summed E-state index contributed by atoms with van der Waals surface area (Å²) in [6.45, 7) is 4.74. The fourth-order valence-electron chi connectivity index (χ4n) is 2.25. The highest BCUT2D eigenvalue weighted by Gasteiger charge is 2.29. The number of piperidine rings is 1. The number of hydrogen-bond acceptors (Lipinski definition) is 4. The van der Waals surface area contributed by atoms with Gasteiger partial charge in [0.1, 0.15) is 5.82 Å². The van der Waals surface area contributed by atoms with Crippen LogP contribution >= 0.6 is 0 Å². The van der Waals surface area contributed by atoms with Gasteiger partial charge in [-0.25, -0.2) is 22.7 Å². The van der Waals surface area contributed by atoms with E-state index in [4.69, 9.17) is 0 Å². The van der Waals surface area contributed by atoms with Crippen LogP contribution in [0.2, 0.25) is 0 Å². The molecule has 1 unspecified atom stereocenters. The van der Waals surface area contributed by atoms with Crippen LogP contribution in [0.15, 0.2) is 12.3 Å². The number of aryl methyl sites for hydroxylation is 1. The Kier molecular flexibility index (Phi) is 3.97. The van der Waals surface area contributed by atoms with Crippen LogP contribution in [0.25, 0.3) is 0 Å². The first-order valence-corrected chi connectivity index (χ1v) is 7.91. The Morgan fingerprint density at radius 3 is 2.94 bits per heavy atom. The van der Waals surface area contributed by atoms with Crippen molar-refractivity contribution in [3.05, 3.63) is 23.8 Å². The lowest BCUT2D eigenvalue weighted by Gasteiger charge is -2.30. The van der Waals surface area contributed by atoms with E-state index in [0.717, 1.165) is 24.4 Å². The number of sulfonamides is 1. The molecular formula is C12H19N3O2S. The highest BCUT2D eigenvalue weighted by Crippen LogP contribution is 2.26. The molecule has 5 nitrogen and oxygen atoms in total. The molecule has 2 heterocycles. The Labute approximate surface area is 108 Å². The first kappa shape index (κ1) is 13.4. The smallest absolute Gasteiger partial charge is 0.213 e. The van der Waals surface area contributed by atoms with Gasteiger partial charge in [-0.1, -0.05) is 0 Å². The van der Waals surface area contributed by atoms with E-state index in [1.807, 2.05) is 13.0 Å². The summed E-state index contributed by atoms with van der Waals surface area (Å²) in [5, 5.41) is 0. The summed E-state index contributed by atoms with van der Waals surface area (Å²) in [5.74, 6) is 1.06. The Hall–Kier alpha value is -1.01. The van der Waals surface area contributed by atoms with Gasteiger partial charge in [-0.3, -0.25) is 0 Å². The molecule has 0 radical (unpaired) electrons. The van der Waals surface area contributed by atoms with Crippen molar-refractivity contribution in [2.45, 2.75) is 32.6 Å². The second-order valence-electron chi connectivity index (χ2n) is 4.65. The quantitative estimate of drug-likeness (QED) is 0.830. The molecule has 2 rings (SSSR count). The SMILES string of the molecule is CCS(=O)(=O)N1CCCC(c2nccc(C)n2)C1. The minimum atomic E-state index is -3.09. The van der Waals surface area contributed by atoms with E-state index in [9.17, 15) is 8.42 Å². The lowest BCUT2D eigenvalue weighted by Crippen LogP contribution is -2.40. The standard InChI is InChI=1S/C12H19N3O2S/c1-3-18(16,17)15-8-4-5-11(9-15)12-13-7-6-10(2)14-12/h6-7,11H,3-5,8-9H2,1-2H3. The van der Waals surface area contributed by atoms with Crippen molar-refractivity contribution in [1.82, 2.24) is 14.3 Å². The van der Waals surface area contributed by atoms with Crippen LogP contribution in [-0.4, -0.2) is 41.5 Å². The zero-order chi connectivity index (χ0) is 13.2. The topological polar surface area (TPSA) is 63.2 Å². The van der Waals surface area contributed by atoms with Crippen molar-refractivity contribution < 1.29 is 8.42 Å². The van der Waals surface area contributed by atoms with Crippen LogP contribution in [0.5, 0.6) is 0 Å². The number of nitrogens with zero attached hydrogens (tertiary/aromatic N) is 3. The van der Waals surface area contributed by atoms with Gasteiger partial charge in [-0.05, 0) is 32.8 Å². The zero-order valence-electron chi connectivity index (χ0n) is 10.8. The number of hydrogen-bond donors (Lipinski definition) is 0. The summed E-state index contributed by atoms with van der Waals surface area (Å²) in [5.41, 5.74) is 0.926. The molecule has 100 valence electrons. The molecule has 18 heavy (non-hydrogen) atoms. The third-order valence-corrected chi connectivity index (χ3v) is 5.17. The minimum absolute atomic E-state index is 0.125. The lowest BCUT2D eigenvalue weighted by molar-refractivity contribution is 0.309. The molecular weight excluding hydrogens is 250 g/mol. The Morgan fingerprint density at radius 2 is 2.28 bits per heavy atom. The van der Waals surface area contributed by atoms with E-state index >= 15 is 0 Å². The summed E-state index contributed by atoms with van der Waals surface area (Å²) >= 11 is 0. The van der Waals surface area contributed by atoms with Crippen LogP contribution in [0.1, 0.15) is 37.2 Å². The van der Waals surface area contributed by atoms with E-state index in [0.29, 0.717) is 13.1 Å². The van der Waals surface area contributed by atoms with Gasteiger partial charge < -0.3 is 0 Å². The van der Waals surface area contributed by atoms with Crippen molar-refractivity contribution in [1.29, 1.82) is 0 Å². The van der Waals surface area contributed by atoms with Gasteiger partial charge in [0, 0.05) is 30.9 Å². The molecule has 1 atom stereocenters. The summed E-state index contributed by atoms with van der Waals surface area (Å²) in [7, 11) is -3.09. The maximum absolute atomic E-state index is 11.9. The van der Waals surface area contributed by atoms with Crippen molar-refractivity contribution in [2.24, 2.45) is 0 Å². The summed E-state index contributed by atoms with van der Waals surface area (Å²) < 4.78 is 25.3. The first-order chi connectivity index (χ1) is 8.53. The van der Waals surface area contributed by atoms with Crippen LogP contribution in [0, 0.1) is 6.92 Å². The molecule has 0 aromatic carbocycles. The molecule has 1 fully saturated rings. The van der Waals surface area contributed by atoms with Gasteiger partial charge in [-0.15, -0.1) is 0 Å². The lowest BCUT2D eigenvalue weighted by atomic mass is 9.99. The maximum Gasteiger partial charge on any atom is 0.213 e. The third kappa shape index (κ3) is 2.87. The highest BCUT2D eigenvalue weighted by atomic mass is 32.2. The van der Waals surface area contributed by atoms with E-state index < -0.39 is 10.0 Å². The molecule has 1 aliphatic heterocycles. The second-order valence-corrected chi connectivity index (χ2v) is 6.91. The second kappa shape index (κ2) is 5.32. The molecule has 1 aromatic heterocycles. The molecule has 6 heteroatoms. The monoisotopic (exact) mass is 269 g/mol. The molecule has 0 bridgehead atoms. The molecule has 0 N–H and O–H groups in total.